The molecule has 0 aliphatic rings. The van der Waals surface area contributed by atoms with Crippen LogP contribution in [0.15, 0.2) is 0 Å². The number of esters is 7. The molecule has 46 heavy (non-hydrogen) atoms. The summed E-state index contributed by atoms with van der Waals surface area (Å²) in [5.74, 6) is -5.58. The van der Waals surface area contributed by atoms with Crippen LogP contribution < -0.4 is 0 Å². The van der Waals surface area contributed by atoms with Gasteiger partial charge in [0.1, 0.15) is 51.7 Å². The molecule has 15 nitrogen and oxygen atoms in total. The summed E-state index contributed by atoms with van der Waals surface area (Å²) in [7, 11) is 0. The van der Waals surface area contributed by atoms with Crippen molar-refractivity contribution in [3.63, 3.8) is 0 Å². The molecule has 0 heterocycles. The fraction of sp³-hybridized carbons (Fsp3) is 0.708. The van der Waals surface area contributed by atoms with E-state index >= 15 is 0 Å². The number of carbonyl (C=O) groups excluding carboxylic acids is 7. The first-order valence-electron chi connectivity index (χ1n) is 12.7. The van der Waals surface area contributed by atoms with E-state index in [9.17, 15) is 38.7 Å². The van der Waals surface area contributed by atoms with Crippen molar-refractivity contribution in [3.8, 4) is 0 Å². The van der Waals surface area contributed by atoms with Crippen LogP contribution >= 0.6 is 88.4 Å². The van der Waals surface area contributed by atoms with Crippen LogP contribution in [0, 0.1) is 10.8 Å². The zero-order chi connectivity index (χ0) is 35.6. The summed E-state index contributed by atoms with van der Waals surface area (Å²) in [6.45, 7) is -2.70. The monoisotopic (exact) mass is 790 g/mol. The van der Waals surface area contributed by atoms with Crippen molar-refractivity contribution in [2.45, 2.75) is 0 Å². The third-order valence-electron chi connectivity index (χ3n) is 5.01. The molecular formula is C24H38O15S7. The Kier molecular flexibility index (Phi) is 28.1. The fourth-order valence-electron chi connectivity index (χ4n) is 2.47. The summed E-state index contributed by atoms with van der Waals surface area (Å²) < 4.78 is 34.7. The van der Waals surface area contributed by atoms with E-state index in [0.717, 1.165) is 0 Å². The number of ether oxygens (including phenoxy) is 7. The van der Waals surface area contributed by atoms with E-state index in [1.165, 1.54) is 0 Å². The maximum absolute atomic E-state index is 11.4. The Balaban J connectivity index is 0. The molecule has 0 bridgehead atoms. The van der Waals surface area contributed by atoms with E-state index in [2.05, 4.69) is 88.4 Å². The van der Waals surface area contributed by atoms with E-state index in [1.54, 1.807) is 0 Å². The van der Waals surface area contributed by atoms with Gasteiger partial charge in [-0.15, -0.1) is 0 Å². The number of hydrogen-bond acceptors (Lipinski definition) is 22. The van der Waals surface area contributed by atoms with Gasteiger partial charge in [0.05, 0.1) is 52.3 Å². The Hall–Kier alpha value is -1.30. The molecule has 0 unspecified atom stereocenters. The molecule has 22 heteroatoms. The van der Waals surface area contributed by atoms with Crippen molar-refractivity contribution in [1.29, 1.82) is 0 Å². The summed E-state index contributed by atoms with van der Waals surface area (Å²) in [6, 6.07) is 0. The van der Waals surface area contributed by atoms with Gasteiger partial charge in [0, 0.05) is 0 Å². The highest BCUT2D eigenvalue weighted by molar-refractivity contribution is 7.82. The van der Waals surface area contributed by atoms with Crippen molar-refractivity contribution < 1.29 is 71.8 Å². The Morgan fingerprint density at radius 2 is 0.500 bits per heavy atom. The van der Waals surface area contributed by atoms with Crippen molar-refractivity contribution in [3.05, 3.63) is 0 Å². The van der Waals surface area contributed by atoms with Gasteiger partial charge in [0.25, 0.3) is 0 Å². The van der Waals surface area contributed by atoms with Gasteiger partial charge < -0.3 is 38.3 Å². The topological polar surface area (TPSA) is 204 Å². The van der Waals surface area contributed by atoms with Gasteiger partial charge in [-0.05, 0) is 0 Å². The first-order valence-corrected chi connectivity index (χ1v) is 17.1. The minimum atomic E-state index is -1.28. The molecule has 0 aliphatic carbocycles. The zero-order valence-corrected chi connectivity index (χ0v) is 30.7. The lowest BCUT2D eigenvalue weighted by molar-refractivity contribution is -0.168. The second-order valence-corrected chi connectivity index (χ2v) is 11.1. The third-order valence-corrected chi connectivity index (χ3v) is 6.82. The van der Waals surface area contributed by atoms with Gasteiger partial charge in [0.15, 0.2) is 0 Å². The normalized spacial score (nSPS) is 10.8. The molecule has 0 spiro atoms. The molecule has 0 aromatic carbocycles. The number of rotatable bonds is 22. The van der Waals surface area contributed by atoms with Gasteiger partial charge in [0.2, 0.25) is 0 Å². The molecule has 0 aromatic rings. The lowest BCUT2D eigenvalue weighted by atomic mass is 9.92. The van der Waals surface area contributed by atoms with Gasteiger partial charge in [-0.1, -0.05) is 0 Å². The Labute approximate surface area is 304 Å². The molecule has 1 N–H and O–H groups in total. The second-order valence-electron chi connectivity index (χ2n) is 8.89. The molecule has 0 atom stereocenters. The predicted molar refractivity (Wildman–Crippen MR) is 186 cm³/mol. The number of hydrogen-bond donors (Lipinski definition) is 8. The molecule has 0 radical (unpaired) electrons. The van der Waals surface area contributed by atoms with E-state index in [4.69, 9.17) is 33.2 Å². The molecular weight excluding hydrogens is 753 g/mol. The molecule has 266 valence electrons. The van der Waals surface area contributed by atoms with E-state index < -0.39 is 59.2 Å². The van der Waals surface area contributed by atoms with Crippen LogP contribution in [0.4, 0.5) is 0 Å². The molecule has 0 aromatic heterocycles. The minimum Gasteiger partial charge on any atom is -0.464 e. The van der Waals surface area contributed by atoms with Crippen molar-refractivity contribution >= 4 is 130 Å². The lowest BCUT2D eigenvalue weighted by Gasteiger charge is -2.31. The number of carbonyl (C=O) groups is 7. The quantitative estimate of drug-likeness (QED) is 0.0386. The van der Waals surface area contributed by atoms with Gasteiger partial charge in [-0.3, -0.25) is 33.6 Å². The van der Waals surface area contributed by atoms with Crippen molar-refractivity contribution in [1.82, 2.24) is 0 Å². The van der Waals surface area contributed by atoms with Gasteiger partial charge in [-0.25, -0.2) is 0 Å². The molecule has 0 amide bonds. The lowest BCUT2D eigenvalue weighted by Crippen LogP contribution is -2.44. The first kappa shape index (κ1) is 46.8. The number of thiol groups is 7. The average Bonchev–Trinajstić information content (AvgIpc) is 3.09. The average molecular weight is 791 g/mol. The van der Waals surface area contributed by atoms with Crippen molar-refractivity contribution in [2.24, 2.45) is 10.8 Å². The van der Waals surface area contributed by atoms with Crippen molar-refractivity contribution in [2.75, 3.05) is 93.1 Å². The van der Waals surface area contributed by atoms with Crippen LogP contribution in [0.3, 0.4) is 0 Å². The predicted octanol–water partition coefficient (Wildman–Crippen LogP) is -0.751. The summed E-state index contributed by atoms with van der Waals surface area (Å²) in [4.78, 5) is 79.0. The van der Waals surface area contributed by atoms with Crippen LogP contribution in [-0.4, -0.2) is 140 Å². The van der Waals surface area contributed by atoms with Crippen LogP contribution in [0.5, 0.6) is 0 Å². The van der Waals surface area contributed by atoms with E-state index in [0.29, 0.717) is 0 Å². The smallest absolute Gasteiger partial charge is 0.315 e. The van der Waals surface area contributed by atoms with Crippen LogP contribution in [0.2, 0.25) is 0 Å². The van der Waals surface area contributed by atoms with Gasteiger partial charge in [-0.2, -0.15) is 88.4 Å². The second kappa shape index (κ2) is 27.6. The van der Waals surface area contributed by atoms with Crippen LogP contribution in [-0.2, 0) is 66.7 Å². The van der Waals surface area contributed by atoms with E-state index in [-0.39, 0.29) is 86.5 Å². The largest absolute Gasteiger partial charge is 0.464 e. The Morgan fingerprint density at radius 3 is 0.630 bits per heavy atom. The highest BCUT2D eigenvalue weighted by Gasteiger charge is 2.38. The highest BCUT2D eigenvalue weighted by Crippen LogP contribution is 2.22. The molecule has 0 saturated heterocycles. The van der Waals surface area contributed by atoms with Crippen LogP contribution in [0.25, 0.3) is 0 Å². The van der Waals surface area contributed by atoms with Gasteiger partial charge >= 0.3 is 41.8 Å². The number of aliphatic hydroxyl groups excluding tert-OH is 1. The Morgan fingerprint density at radius 1 is 0.348 bits per heavy atom. The third kappa shape index (κ3) is 22.3. The fourth-order valence-corrected chi connectivity index (χ4v) is 3.11. The summed E-state index contributed by atoms with van der Waals surface area (Å²) in [5.41, 5.74) is -2.52. The zero-order valence-electron chi connectivity index (χ0n) is 24.4. The van der Waals surface area contributed by atoms with E-state index in [1.807, 2.05) is 0 Å². The standard InChI is InChI=1S/C13H20O8S4.C11H18O7S3/c14-9(1-22)18-5-13(6-19-10(15)2-23,7-20-11(16)3-24)8-21-12(17)4-25;12-4-11(5-16-8(13)1-19,6-17-9(14)2-20)7-18-10(15)3-21/h22-25H,1-8H2;12,19-21H,1-7H2. The summed E-state index contributed by atoms with van der Waals surface area (Å²) in [5, 5.41) is 9.50. The summed E-state index contributed by atoms with van der Waals surface area (Å²) in [6.07, 6.45) is 0. The molecule has 0 rings (SSSR count). The molecule has 0 saturated carbocycles. The summed E-state index contributed by atoms with van der Waals surface area (Å²) >= 11 is 26.4. The highest BCUT2D eigenvalue weighted by atomic mass is 32.1. The molecule has 0 aliphatic heterocycles. The molecule has 0 fully saturated rings. The first-order chi connectivity index (χ1) is 21.7. The van der Waals surface area contributed by atoms with Crippen LogP contribution in [0.1, 0.15) is 0 Å². The SMILES string of the molecule is O=C(CS)OCC(CO)(COC(=O)CS)COC(=O)CS.O=C(CS)OCC(COC(=O)CS)(COC(=O)CS)COC(=O)CS. The minimum absolute atomic E-state index is 0.144. The maximum Gasteiger partial charge on any atom is 0.315 e. The maximum atomic E-state index is 11.4. The Bertz CT molecular complexity index is 848. The number of aliphatic hydroxyl groups is 1.